The smallest absolute Gasteiger partial charge is 0.140 e. The van der Waals surface area contributed by atoms with Crippen molar-refractivity contribution in [1.82, 2.24) is 4.98 Å². The molecule has 1 heterocycles. The average Bonchev–Trinajstić information content (AvgIpc) is 2.72. The SMILES string of the molecule is CCc1nc(C)ccc1OCC1(CBr)CCCCCC1. The molecule has 1 aromatic rings. The standard InChI is InChI=1S/C17H26BrNO/c1-3-15-16(9-8-14(2)19-15)20-13-17(12-18)10-6-4-5-7-11-17/h8-9H,3-7,10-13H2,1-2H3. The molecule has 0 bridgehead atoms. The van der Waals surface area contributed by atoms with E-state index in [-0.39, 0.29) is 0 Å². The molecular formula is C17H26BrNO. The third-order valence-corrected chi connectivity index (χ3v) is 5.58. The lowest BCUT2D eigenvalue weighted by molar-refractivity contribution is 0.147. The Hall–Kier alpha value is -0.570. The van der Waals surface area contributed by atoms with Crippen LogP contribution in [0, 0.1) is 12.3 Å². The van der Waals surface area contributed by atoms with Crippen molar-refractivity contribution >= 4 is 15.9 Å². The van der Waals surface area contributed by atoms with Gasteiger partial charge in [0.2, 0.25) is 0 Å². The van der Waals surface area contributed by atoms with Crippen molar-refractivity contribution in [2.24, 2.45) is 5.41 Å². The highest BCUT2D eigenvalue weighted by Crippen LogP contribution is 2.37. The molecule has 1 aliphatic carbocycles. The molecule has 1 fully saturated rings. The molecule has 0 aromatic carbocycles. The summed E-state index contributed by atoms with van der Waals surface area (Å²) < 4.78 is 6.18. The van der Waals surface area contributed by atoms with Crippen LogP contribution >= 0.6 is 15.9 Å². The second kappa shape index (κ2) is 7.44. The summed E-state index contributed by atoms with van der Waals surface area (Å²) in [6.45, 7) is 4.99. The molecule has 3 heteroatoms. The summed E-state index contributed by atoms with van der Waals surface area (Å²) in [6.07, 6.45) is 8.90. The lowest BCUT2D eigenvalue weighted by atomic mass is 9.83. The van der Waals surface area contributed by atoms with Gasteiger partial charge in [0.05, 0.1) is 12.3 Å². The van der Waals surface area contributed by atoms with Crippen LogP contribution in [0.3, 0.4) is 0 Å². The quantitative estimate of drug-likeness (QED) is 0.552. The van der Waals surface area contributed by atoms with Crippen molar-refractivity contribution in [2.45, 2.75) is 58.8 Å². The van der Waals surface area contributed by atoms with Crippen molar-refractivity contribution in [3.63, 3.8) is 0 Å². The number of hydrogen-bond donors (Lipinski definition) is 0. The number of hydrogen-bond acceptors (Lipinski definition) is 2. The highest BCUT2D eigenvalue weighted by molar-refractivity contribution is 9.09. The first-order valence-corrected chi connectivity index (χ1v) is 8.96. The second-order valence-corrected chi connectivity index (χ2v) is 6.65. The van der Waals surface area contributed by atoms with Crippen LogP contribution in [-0.4, -0.2) is 16.9 Å². The third-order valence-electron chi connectivity index (χ3n) is 4.39. The van der Waals surface area contributed by atoms with Gasteiger partial charge in [-0.25, -0.2) is 0 Å². The van der Waals surface area contributed by atoms with Gasteiger partial charge in [0.25, 0.3) is 0 Å². The Labute approximate surface area is 131 Å². The summed E-state index contributed by atoms with van der Waals surface area (Å²) in [4.78, 5) is 4.59. The predicted octanol–water partition coefficient (Wildman–Crippen LogP) is 5.07. The molecule has 1 aliphatic rings. The van der Waals surface area contributed by atoms with Crippen molar-refractivity contribution in [2.75, 3.05) is 11.9 Å². The molecule has 0 saturated heterocycles. The van der Waals surface area contributed by atoms with Crippen LogP contribution < -0.4 is 4.74 Å². The summed E-state index contributed by atoms with van der Waals surface area (Å²) in [6, 6.07) is 4.13. The Balaban J connectivity index is 2.05. The van der Waals surface area contributed by atoms with Crippen LogP contribution in [0.15, 0.2) is 12.1 Å². The minimum absolute atomic E-state index is 0.312. The first kappa shape index (κ1) is 15.8. The Morgan fingerprint density at radius 1 is 1.20 bits per heavy atom. The van der Waals surface area contributed by atoms with E-state index in [0.717, 1.165) is 35.5 Å². The van der Waals surface area contributed by atoms with Crippen molar-refractivity contribution in [1.29, 1.82) is 0 Å². The van der Waals surface area contributed by atoms with E-state index in [4.69, 9.17) is 4.74 Å². The van der Waals surface area contributed by atoms with E-state index in [9.17, 15) is 0 Å². The largest absolute Gasteiger partial charge is 0.491 e. The topological polar surface area (TPSA) is 22.1 Å². The fraction of sp³-hybridized carbons (Fsp3) is 0.706. The highest BCUT2D eigenvalue weighted by Gasteiger charge is 2.31. The molecule has 2 rings (SSSR count). The van der Waals surface area contributed by atoms with Crippen molar-refractivity contribution in [3.05, 3.63) is 23.5 Å². The molecule has 1 aromatic heterocycles. The van der Waals surface area contributed by atoms with Crippen LogP contribution in [0.25, 0.3) is 0 Å². The molecule has 0 amide bonds. The lowest BCUT2D eigenvalue weighted by Crippen LogP contribution is -2.30. The van der Waals surface area contributed by atoms with E-state index in [1.165, 1.54) is 38.5 Å². The zero-order valence-electron chi connectivity index (χ0n) is 12.8. The van der Waals surface area contributed by atoms with E-state index in [0.29, 0.717) is 5.41 Å². The minimum Gasteiger partial charge on any atom is -0.491 e. The summed E-state index contributed by atoms with van der Waals surface area (Å²) >= 11 is 3.73. The number of rotatable bonds is 5. The maximum absolute atomic E-state index is 6.18. The van der Waals surface area contributed by atoms with E-state index in [1.54, 1.807) is 0 Å². The van der Waals surface area contributed by atoms with Crippen molar-refractivity contribution in [3.8, 4) is 5.75 Å². The van der Waals surface area contributed by atoms with Crippen LogP contribution in [0.4, 0.5) is 0 Å². The van der Waals surface area contributed by atoms with Gasteiger partial charge in [0.1, 0.15) is 5.75 Å². The lowest BCUT2D eigenvalue weighted by Gasteiger charge is -2.30. The number of halogens is 1. The zero-order valence-corrected chi connectivity index (χ0v) is 14.3. The van der Waals surface area contributed by atoms with E-state index >= 15 is 0 Å². The first-order valence-electron chi connectivity index (χ1n) is 7.84. The molecule has 0 unspecified atom stereocenters. The van der Waals surface area contributed by atoms with Gasteiger partial charge < -0.3 is 4.74 Å². The Bertz CT molecular complexity index is 425. The highest BCUT2D eigenvalue weighted by atomic mass is 79.9. The fourth-order valence-electron chi connectivity index (χ4n) is 3.01. The fourth-order valence-corrected chi connectivity index (χ4v) is 3.73. The van der Waals surface area contributed by atoms with Crippen molar-refractivity contribution < 1.29 is 4.74 Å². The monoisotopic (exact) mass is 339 g/mol. The number of ether oxygens (including phenoxy) is 1. The average molecular weight is 340 g/mol. The van der Waals surface area contributed by atoms with E-state index in [2.05, 4.69) is 33.9 Å². The normalized spacial score (nSPS) is 18.6. The molecule has 1 saturated carbocycles. The Morgan fingerprint density at radius 2 is 1.90 bits per heavy atom. The van der Waals surface area contributed by atoms with E-state index in [1.807, 2.05) is 13.0 Å². The molecule has 0 radical (unpaired) electrons. The van der Waals surface area contributed by atoms with Crippen LogP contribution in [-0.2, 0) is 6.42 Å². The van der Waals surface area contributed by atoms with Gasteiger partial charge in [-0.1, -0.05) is 48.5 Å². The molecule has 0 N–H and O–H groups in total. The number of aromatic nitrogens is 1. The van der Waals surface area contributed by atoms with Crippen LogP contribution in [0.2, 0.25) is 0 Å². The number of nitrogens with zero attached hydrogens (tertiary/aromatic N) is 1. The molecular weight excluding hydrogens is 314 g/mol. The van der Waals surface area contributed by atoms with E-state index < -0.39 is 0 Å². The summed E-state index contributed by atoms with van der Waals surface area (Å²) in [5.41, 5.74) is 2.47. The van der Waals surface area contributed by atoms with Gasteiger partial charge >= 0.3 is 0 Å². The predicted molar refractivity (Wildman–Crippen MR) is 87.8 cm³/mol. The molecule has 0 spiro atoms. The van der Waals surface area contributed by atoms with Gasteiger partial charge in [0, 0.05) is 16.4 Å². The minimum atomic E-state index is 0.312. The van der Waals surface area contributed by atoms with Gasteiger partial charge in [-0.3, -0.25) is 4.98 Å². The summed E-state index contributed by atoms with van der Waals surface area (Å²) in [5, 5.41) is 1.04. The number of aryl methyl sites for hydroxylation is 2. The maximum atomic E-state index is 6.18. The Morgan fingerprint density at radius 3 is 2.50 bits per heavy atom. The first-order chi connectivity index (χ1) is 9.69. The molecule has 20 heavy (non-hydrogen) atoms. The molecule has 2 nitrogen and oxygen atoms in total. The molecule has 112 valence electrons. The second-order valence-electron chi connectivity index (χ2n) is 6.09. The number of alkyl halides is 1. The summed E-state index contributed by atoms with van der Waals surface area (Å²) in [7, 11) is 0. The number of pyridine rings is 1. The van der Waals surface area contributed by atoms with Gasteiger partial charge in [-0.05, 0) is 38.3 Å². The van der Waals surface area contributed by atoms with Gasteiger partial charge in [0.15, 0.2) is 0 Å². The van der Waals surface area contributed by atoms with Crippen LogP contribution in [0.5, 0.6) is 5.75 Å². The maximum Gasteiger partial charge on any atom is 0.140 e. The summed E-state index contributed by atoms with van der Waals surface area (Å²) in [5.74, 6) is 0.975. The molecule has 0 atom stereocenters. The third kappa shape index (κ3) is 3.97. The van der Waals surface area contributed by atoms with Crippen LogP contribution in [0.1, 0.15) is 56.8 Å². The zero-order chi connectivity index (χ0) is 14.4. The Kier molecular flexibility index (Phi) is 5.88. The molecule has 0 aliphatic heterocycles. The van der Waals surface area contributed by atoms with Gasteiger partial charge in [-0.15, -0.1) is 0 Å². The van der Waals surface area contributed by atoms with Gasteiger partial charge in [-0.2, -0.15) is 0 Å².